The van der Waals surface area contributed by atoms with Gasteiger partial charge in [0, 0.05) is 0 Å². The smallest absolute Gasteiger partial charge is 0.283 e. The van der Waals surface area contributed by atoms with Gasteiger partial charge in [0.05, 0.1) is 17.9 Å². The second-order valence-corrected chi connectivity index (χ2v) is 10.8. The molecular formula is C24H24N4O6S2. The van der Waals surface area contributed by atoms with Crippen molar-refractivity contribution in [2.75, 3.05) is 25.6 Å². The number of benzene rings is 2. The monoisotopic (exact) mass is 528 g/mol. The molecule has 0 aromatic heterocycles. The van der Waals surface area contributed by atoms with E-state index in [4.69, 9.17) is 19.6 Å². The van der Waals surface area contributed by atoms with Gasteiger partial charge in [-0.3, -0.25) is 10.2 Å². The topological polar surface area (TPSA) is 131 Å². The molecule has 0 spiro atoms. The number of hydrogen-bond acceptors (Lipinski definition) is 9. The number of amides is 1. The van der Waals surface area contributed by atoms with Crippen LogP contribution in [0.3, 0.4) is 0 Å². The Morgan fingerprint density at radius 1 is 1.03 bits per heavy atom. The molecule has 2 aromatic carbocycles. The quantitative estimate of drug-likeness (QED) is 0.386. The number of nitrogens with zero attached hydrogens (tertiary/aromatic N) is 3. The van der Waals surface area contributed by atoms with Crippen molar-refractivity contribution in [1.82, 2.24) is 5.01 Å². The largest absolute Gasteiger partial charge is 0.490 e. The first kappa shape index (κ1) is 25.5. The van der Waals surface area contributed by atoms with Crippen molar-refractivity contribution < 1.29 is 27.4 Å². The summed E-state index contributed by atoms with van der Waals surface area (Å²) in [5.41, 5.74) is 0.556. The van der Waals surface area contributed by atoms with E-state index in [1.54, 1.807) is 18.2 Å². The van der Waals surface area contributed by atoms with Crippen LogP contribution in [0.4, 0.5) is 0 Å². The van der Waals surface area contributed by atoms with E-state index in [0.29, 0.717) is 36.9 Å². The van der Waals surface area contributed by atoms with Gasteiger partial charge in [-0.25, -0.2) is 8.42 Å². The van der Waals surface area contributed by atoms with E-state index in [0.717, 1.165) is 22.5 Å². The molecule has 4 rings (SSSR count). The molecule has 0 bridgehead atoms. The van der Waals surface area contributed by atoms with Crippen LogP contribution in [0.5, 0.6) is 17.2 Å². The number of amidine groups is 2. The summed E-state index contributed by atoms with van der Waals surface area (Å²) >= 11 is 0.763. The van der Waals surface area contributed by atoms with Crippen molar-refractivity contribution in [3.05, 3.63) is 59.7 Å². The highest BCUT2D eigenvalue weighted by Gasteiger charge is 2.39. The lowest BCUT2D eigenvalue weighted by Crippen LogP contribution is -2.35. The summed E-state index contributed by atoms with van der Waals surface area (Å²) in [6.45, 7) is 4.38. The maximum atomic E-state index is 12.6. The lowest BCUT2D eigenvalue weighted by Gasteiger charge is -2.20. The van der Waals surface area contributed by atoms with Gasteiger partial charge in [-0.15, -0.1) is 5.10 Å². The Labute approximate surface area is 213 Å². The number of hydrogen-bond donors (Lipinski definition) is 1. The first-order chi connectivity index (χ1) is 17.3. The summed E-state index contributed by atoms with van der Waals surface area (Å²) in [6.07, 6.45) is 1.49. The zero-order valence-corrected chi connectivity index (χ0v) is 21.3. The molecule has 36 heavy (non-hydrogen) atoms. The Bertz CT molecular complexity index is 1370. The molecule has 188 valence electrons. The highest BCUT2D eigenvalue weighted by molar-refractivity contribution is 8.42. The number of carbonyl (C=O) groups excluding carboxylic acids is 1. The van der Waals surface area contributed by atoms with Crippen LogP contribution in [0, 0.1) is 5.41 Å². The summed E-state index contributed by atoms with van der Waals surface area (Å²) in [5.74, 6) is 0.679. The maximum Gasteiger partial charge on any atom is 0.283 e. The SMILES string of the molecule is CCOc1cc(/C=C2/C(=N)N3N=C(S(=O)(=O)CC)SC3=NC2=O)ccc1OCCOc1ccccc1. The average molecular weight is 529 g/mol. The van der Waals surface area contributed by atoms with E-state index in [9.17, 15) is 13.2 Å². The summed E-state index contributed by atoms with van der Waals surface area (Å²) in [7, 11) is -3.59. The average Bonchev–Trinajstić information content (AvgIpc) is 3.31. The summed E-state index contributed by atoms with van der Waals surface area (Å²) in [6, 6.07) is 14.5. The zero-order chi connectivity index (χ0) is 25.7. The number of ether oxygens (including phenoxy) is 3. The van der Waals surface area contributed by atoms with Crippen molar-refractivity contribution >= 4 is 49.0 Å². The van der Waals surface area contributed by atoms with Gasteiger partial charge in [0.15, 0.2) is 17.3 Å². The third-order valence-electron chi connectivity index (χ3n) is 5.01. The molecule has 0 atom stereocenters. The number of thioether (sulfide) groups is 1. The van der Waals surface area contributed by atoms with Gasteiger partial charge in [0.1, 0.15) is 19.0 Å². The van der Waals surface area contributed by atoms with E-state index in [-0.39, 0.29) is 26.7 Å². The fraction of sp³-hybridized carbons (Fsp3) is 0.250. The van der Waals surface area contributed by atoms with Crippen LogP contribution in [0.25, 0.3) is 6.08 Å². The van der Waals surface area contributed by atoms with Gasteiger partial charge in [-0.2, -0.15) is 10.0 Å². The third-order valence-corrected chi connectivity index (χ3v) is 8.10. The number of fused-ring (bicyclic) bond motifs is 1. The van der Waals surface area contributed by atoms with Crippen LogP contribution in [0.2, 0.25) is 0 Å². The predicted octanol–water partition coefficient (Wildman–Crippen LogP) is 3.55. The molecule has 1 amide bonds. The second kappa shape index (κ2) is 11.0. The van der Waals surface area contributed by atoms with Crippen LogP contribution >= 0.6 is 11.8 Å². The Morgan fingerprint density at radius 3 is 2.50 bits per heavy atom. The molecule has 2 aliphatic heterocycles. The molecule has 2 heterocycles. The fourth-order valence-corrected chi connectivity index (χ4v) is 5.38. The Balaban J connectivity index is 1.50. The van der Waals surface area contributed by atoms with Crippen LogP contribution in [0.1, 0.15) is 19.4 Å². The minimum atomic E-state index is -3.59. The minimum absolute atomic E-state index is 0.0226. The summed E-state index contributed by atoms with van der Waals surface area (Å²) < 4.78 is 41.3. The Hall–Kier alpha value is -3.64. The molecular weight excluding hydrogens is 504 g/mol. The Morgan fingerprint density at radius 2 is 1.78 bits per heavy atom. The van der Waals surface area contributed by atoms with E-state index in [1.807, 2.05) is 37.3 Å². The predicted molar refractivity (Wildman–Crippen MR) is 140 cm³/mol. The summed E-state index contributed by atoms with van der Waals surface area (Å²) in [5, 5.41) is 13.6. The van der Waals surface area contributed by atoms with E-state index in [1.165, 1.54) is 13.0 Å². The molecule has 10 nitrogen and oxygen atoms in total. The number of rotatable bonds is 9. The van der Waals surface area contributed by atoms with Gasteiger partial charge < -0.3 is 14.2 Å². The molecule has 0 fully saturated rings. The fourth-order valence-electron chi connectivity index (χ4n) is 3.22. The Kier molecular flexibility index (Phi) is 7.75. The normalized spacial score (nSPS) is 16.5. The molecule has 0 radical (unpaired) electrons. The highest BCUT2D eigenvalue weighted by Crippen LogP contribution is 2.32. The van der Waals surface area contributed by atoms with Gasteiger partial charge in [-0.1, -0.05) is 31.2 Å². The molecule has 0 saturated carbocycles. The first-order valence-corrected chi connectivity index (χ1v) is 13.6. The minimum Gasteiger partial charge on any atom is -0.490 e. The molecule has 2 aromatic rings. The van der Waals surface area contributed by atoms with E-state index in [2.05, 4.69) is 10.1 Å². The lowest BCUT2D eigenvalue weighted by molar-refractivity contribution is -0.114. The van der Waals surface area contributed by atoms with Crippen LogP contribution in [-0.2, 0) is 14.6 Å². The number of nitrogens with one attached hydrogen (secondary N) is 1. The number of sulfone groups is 1. The van der Waals surface area contributed by atoms with Gasteiger partial charge in [-0.05, 0) is 54.6 Å². The van der Waals surface area contributed by atoms with E-state index < -0.39 is 15.7 Å². The molecule has 12 heteroatoms. The van der Waals surface area contributed by atoms with Crippen molar-refractivity contribution in [2.45, 2.75) is 13.8 Å². The van der Waals surface area contributed by atoms with Crippen molar-refractivity contribution in [3.8, 4) is 17.2 Å². The van der Waals surface area contributed by atoms with Crippen LogP contribution in [-0.4, -0.2) is 60.3 Å². The molecule has 0 aliphatic carbocycles. The highest BCUT2D eigenvalue weighted by atomic mass is 32.3. The van der Waals surface area contributed by atoms with Crippen molar-refractivity contribution in [2.24, 2.45) is 10.1 Å². The number of hydrazone groups is 1. The second-order valence-electron chi connectivity index (χ2n) is 7.44. The zero-order valence-electron chi connectivity index (χ0n) is 19.6. The molecule has 2 aliphatic rings. The van der Waals surface area contributed by atoms with Gasteiger partial charge in [0.2, 0.25) is 19.4 Å². The molecule has 0 saturated heterocycles. The standard InChI is InChI=1S/C24H24N4O6S2/c1-3-32-20-15-16(10-11-19(20)34-13-12-33-17-8-6-5-7-9-17)14-18-21(25)28-23(26-22(18)29)35-24(27-28)36(30,31)4-2/h5-11,14-15,25H,3-4,12-13H2,1-2H3/b18-14-,25-21?. The maximum absolute atomic E-state index is 12.6. The lowest BCUT2D eigenvalue weighted by atomic mass is 10.1. The summed E-state index contributed by atoms with van der Waals surface area (Å²) in [4.78, 5) is 16.6. The molecule has 1 N–H and O–H groups in total. The van der Waals surface area contributed by atoms with E-state index >= 15 is 0 Å². The van der Waals surface area contributed by atoms with Gasteiger partial charge in [0.25, 0.3) is 5.91 Å². The number of para-hydroxylation sites is 1. The van der Waals surface area contributed by atoms with Crippen LogP contribution < -0.4 is 14.2 Å². The van der Waals surface area contributed by atoms with Crippen molar-refractivity contribution in [1.29, 1.82) is 5.41 Å². The first-order valence-electron chi connectivity index (χ1n) is 11.1. The van der Waals surface area contributed by atoms with Crippen molar-refractivity contribution in [3.63, 3.8) is 0 Å². The number of aliphatic imine (C=N–C) groups is 1. The third kappa shape index (κ3) is 5.60. The van der Waals surface area contributed by atoms with Gasteiger partial charge >= 0.3 is 0 Å². The molecule has 0 unspecified atom stereocenters. The van der Waals surface area contributed by atoms with Crippen LogP contribution in [0.15, 0.2) is 64.2 Å². The number of carbonyl (C=O) groups is 1.